The molecule has 1 aromatic carbocycles. The van der Waals surface area contributed by atoms with Crippen LogP contribution in [-0.4, -0.2) is 11.5 Å². The lowest BCUT2D eigenvalue weighted by atomic mass is 10.0. The van der Waals surface area contributed by atoms with E-state index in [1.807, 2.05) is 6.92 Å². The van der Waals surface area contributed by atoms with Gasteiger partial charge in [0.2, 0.25) is 0 Å². The predicted octanol–water partition coefficient (Wildman–Crippen LogP) is 4.83. The second-order valence-corrected chi connectivity index (χ2v) is 4.97. The minimum Gasteiger partial charge on any atom is -0.384 e. The normalized spacial score (nSPS) is 12.0. The van der Waals surface area contributed by atoms with Gasteiger partial charge in [-0.2, -0.15) is 13.2 Å². The van der Waals surface area contributed by atoms with Crippen LogP contribution in [0.15, 0.2) is 12.1 Å². The molecule has 0 amide bonds. The topological polar surface area (TPSA) is 24.9 Å². The molecular weight excluding hydrogens is 284 g/mol. The summed E-state index contributed by atoms with van der Waals surface area (Å²) in [4.78, 5) is 3.54. The van der Waals surface area contributed by atoms with Crippen molar-refractivity contribution in [3.63, 3.8) is 0 Å². The van der Waals surface area contributed by atoms with Gasteiger partial charge < -0.3 is 5.32 Å². The van der Waals surface area contributed by atoms with Crippen molar-refractivity contribution < 1.29 is 17.6 Å². The average molecular weight is 300 g/mol. The zero-order chi connectivity index (χ0) is 15.8. The lowest BCUT2D eigenvalue weighted by Crippen LogP contribution is -2.14. The number of nitrogens with zero attached hydrogens (tertiary/aromatic N) is 1. The van der Waals surface area contributed by atoms with Crippen molar-refractivity contribution in [3.05, 3.63) is 34.8 Å². The van der Waals surface area contributed by atoms with Crippen molar-refractivity contribution in [2.75, 3.05) is 11.9 Å². The van der Waals surface area contributed by atoms with E-state index in [1.165, 1.54) is 6.92 Å². The van der Waals surface area contributed by atoms with Crippen molar-refractivity contribution in [3.8, 4) is 0 Å². The molecule has 0 aliphatic carbocycles. The molecule has 0 aliphatic rings. The molecule has 0 atom stereocenters. The second-order valence-electron chi connectivity index (χ2n) is 4.97. The van der Waals surface area contributed by atoms with E-state index in [0.717, 1.165) is 12.5 Å². The maximum absolute atomic E-state index is 13.9. The molecule has 0 saturated carbocycles. The summed E-state index contributed by atoms with van der Waals surface area (Å²) < 4.78 is 53.2. The van der Waals surface area contributed by atoms with Crippen molar-refractivity contribution in [1.82, 2.24) is 4.98 Å². The van der Waals surface area contributed by atoms with Gasteiger partial charge in [0.1, 0.15) is 17.0 Å². The molecule has 21 heavy (non-hydrogen) atoms. The van der Waals surface area contributed by atoms with Gasteiger partial charge in [-0.05, 0) is 31.9 Å². The Morgan fingerprint density at radius 2 is 1.86 bits per heavy atom. The zero-order valence-electron chi connectivity index (χ0n) is 12.0. The lowest BCUT2D eigenvalue weighted by Gasteiger charge is -2.18. The third-order valence-electron chi connectivity index (χ3n) is 3.36. The molecule has 1 aromatic heterocycles. The summed E-state index contributed by atoms with van der Waals surface area (Å²) in [7, 11) is 0. The van der Waals surface area contributed by atoms with Gasteiger partial charge in [-0.1, -0.05) is 13.0 Å². The fourth-order valence-electron chi connectivity index (χ4n) is 2.34. The Labute approximate surface area is 120 Å². The number of benzene rings is 1. The standard InChI is InChI=1S/C15H16F4N2/c1-4-7-20-12-9(3)14(15(17,18)19)21-13-10(16)6-5-8(2)11(12)13/h5-6H,4,7H2,1-3H3,(H,20,21). The number of nitrogens with one attached hydrogen (secondary N) is 1. The number of hydrogen-bond acceptors (Lipinski definition) is 2. The van der Waals surface area contributed by atoms with Crippen LogP contribution in [0.5, 0.6) is 0 Å². The Morgan fingerprint density at radius 1 is 1.19 bits per heavy atom. The number of halogens is 4. The van der Waals surface area contributed by atoms with Crippen molar-refractivity contribution >= 4 is 16.6 Å². The molecular formula is C15H16F4N2. The van der Waals surface area contributed by atoms with E-state index in [-0.39, 0.29) is 11.1 Å². The number of pyridine rings is 1. The molecule has 0 bridgehead atoms. The van der Waals surface area contributed by atoms with Crippen LogP contribution in [-0.2, 0) is 6.18 Å². The van der Waals surface area contributed by atoms with Gasteiger partial charge in [-0.3, -0.25) is 0 Å². The van der Waals surface area contributed by atoms with Crippen LogP contribution < -0.4 is 5.32 Å². The van der Waals surface area contributed by atoms with Crippen LogP contribution in [0.1, 0.15) is 30.2 Å². The van der Waals surface area contributed by atoms with Crippen LogP contribution in [0.2, 0.25) is 0 Å². The molecule has 0 radical (unpaired) electrons. The first-order valence-electron chi connectivity index (χ1n) is 6.67. The summed E-state index contributed by atoms with van der Waals surface area (Å²) >= 11 is 0. The minimum absolute atomic E-state index is 0.00264. The summed E-state index contributed by atoms with van der Waals surface area (Å²) in [5.74, 6) is -0.749. The molecule has 6 heteroatoms. The van der Waals surface area contributed by atoms with Crippen LogP contribution >= 0.6 is 0 Å². The van der Waals surface area contributed by atoms with E-state index in [1.54, 1.807) is 13.0 Å². The number of hydrogen-bond donors (Lipinski definition) is 1. The summed E-state index contributed by atoms with van der Waals surface area (Å²) in [5, 5.41) is 3.39. The summed E-state index contributed by atoms with van der Waals surface area (Å²) in [6.07, 6.45) is -3.87. The van der Waals surface area contributed by atoms with Gasteiger partial charge in [0.15, 0.2) is 0 Å². The van der Waals surface area contributed by atoms with Crippen LogP contribution in [0.25, 0.3) is 10.9 Å². The van der Waals surface area contributed by atoms with E-state index in [0.29, 0.717) is 23.2 Å². The van der Waals surface area contributed by atoms with Crippen molar-refractivity contribution in [2.45, 2.75) is 33.4 Å². The van der Waals surface area contributed by atoms with E-state index in [2.05, 4.69) is 10.3 Å². The third kappa shape index (κ3) is 2.80. The van der Waals surface area contributed by atoms with E-state index < -0.39 is 17.7 Å². The number of anilines is 1. The third-order valence-corrected chi connectivity index (χ3v) is 3.36. The quantitative estimate of drug-likeness (QED) is 0.821. The highest BCUT2D eigenvalue weighted by Gasteiger charge is 2.36. The number of fused-ring (bicyclic) bond motifs is 1. The van der Waals surface area contributed by atoms with Crippen molar-refractivity contribution in [2.24, 2.45) is 0 Å². The molecule has 0 saturated heterocycles. The SMILES string of the molecule is CCCNc1c(C)c(C(F)(F)F)nc2c(F)ccc(C)c12. The fourth-order valence-corrected chi connectivity index (χ4v) is 2.34. The fraction of sp³-hybridized carbons (Fsp3) is 0.400. The average Bonchev–Trinajstić information content (AvgIpc) is 2.40. The van der Waals surface area contributed by atoms with Crippen LogP contribution in [0.4, 0.5) is 23.2 Å². The molecule has 2 rings (SSSR count). The van der Waals surface area contributed by atoms with Gasteiger partial charge in [0.05, 0.1) is 0 Å². The highest BCUT2D eigenvalue weighted by Crippen LogP contribution is 2.38. The molecule has 0 fully saturated rings. The number of aryl methyl sites for hydroxylation is 1. The number of rotatable bonds is 3. The Hall–Kier alpha value is -1.85. The highest BCUT2D eigenvalue weighted by atomic mass is 19.4. The van der Waals surface area contributed by atoms with Gasteiger partial charge in [-0.15, -0.1) is 0 Å². The lowest BCUT2D eigenvalue weighted by molar-refractivity contribution is -0.141. The molecule has 114 valence electrons. The van der Waals surface area contributed by atoms with Gasteiger partial charge in [0.25, 0.3) is 0 Å². The zero-order valence-corrected chi connectivity index (χ0v) is 12.0. The van der Waals surface area contributed by atoms with Crippen LogP contribution in [0, 0.1) is 19.7 Å². The minimum atomic E-state index is -4.61. The molecule has 0 unspecified atom stereocenters. The van der Waals surface area contributed by atoms with Gasteiger partial charge in [-0.25, -0.2) is 9.37 Å². The smallest absolute Gasteiger partial charge is 0.384 e. The van der Waals surface area contributed by atoms with E-state index in [9.17, 15) is 17.6 Å². The Bertz CT molecular complexity index is 678. The predicted molar refractivity (Wildman–Crippen MR) is 75.0 cm³/mol. The first-order chi connectivity index (χ1) is 9.77. The summed E-state index contributed by atoms with van der Waals surface area (Å²) in [5.41, 5.74) is -0.290. The molecule has 0 aliphatic heterocycles. The molecule has 2 aromatic rings. The Kier molecular flexibility index (Phi) is 4.07. The monoisotopic (exact) mass is 300 g/mol. The largest absolute Gasteiger partial charge is 0.433 e. The van der Waals surface area contributed by atoms with Crippen molar-refractivity contribution in [1.29, 1.82) is 0 Å². The van der Waals surface area contributed by atoms with Gasteiger partial charge >= 0.3 is 6.18 Å². The first-order valence-corrected chi connectivity index (χ1v) is 6.67. The molecule has 1 heterocycles. The van der Waals surface area contributed by atoms with E-state index in [4.69, 9.17) is 0 Å². The summed E-state index contributed by atoms with van der Waals surface area (Å²) in [6, 6.07) is 2.69. The summed E-state index contributed by atoms with van der Waals surface area (Å²) in [6.45, 7) is 5.50. The molecule has 0 spiro atoms. The Balaban J connectivity index is 2.86. The highest BCUT2D eigenvalue weighted by molar-refractivity contribution is 5.96. The maximum Gasteiger partial charge on any atom is 0.433 e. The van der Waals surface area contributed by atoms with Gasteiger partial charge in [0, 0.05) is 23.2 Å². The molecule has 1 N–H and O–H groups in total. The number of alkyl halides is 3. The first kappa shape index (κ1) is 15.5. The van der Waals surface area contributed by atoms with Crippen LogP contribution in [0.3, 0.4) is 0 Å². The Morgan fingerprint density at radius 3 is 2.43 bits per heavy atom. The maximum atomic E-state index is 13.9. The second kappa shape index (κ2) is 5.50. The van der Waals surface area contributed by atoms with E-state index >= 15 is 0 Å². The number of aromatic nitrogens is 1. The molecule has 2 nitrogen and oxygen atoms in total.